The Balaban J connectivity index is 0.000000109. The van der Waals surface area contributed by atoms with Crippen molar-refractivity contribution in [2.75, 3.05) is 0 Å². The molecule has 9 heterocycles. The molecule has 8 nitrogen and oxygen atoms in total. The molecule has 0 aliphatic rings. The first-order valence-electron chi connectivity index (χ1n) is 42.6. The molecule has 0 amide bonds. The molecule has 0 spiro atoms. The highest BCUT2D eigenvalue weighted by Gasteiger charge is 2.23. The van der Waals surface area contributed by atoms with Crippen LogP contribution in [-0.2, 0) is 0 Å². The molecule has 0 atom stereocenters. The predicted molar refractivity (Wildman–Crippen MR) is 525 cm³/mol. The van der Waals surface area contributed by atoms with Gasteiger partial charge in [0.2, 0.25) is 0 Å². The maximum atomic E-state index is 6.33. The molecule has 0 radical (unpaired) electrons. The van der Waals surface area contributed by atoms with Crippen LogP contribution in [0, 0.1) is 0 Å². The van der Waals surface area contributed by atoms with Crippen LogP contribution < -0.4 is 0 Å². The summed E-state index contributed by atoms with van der Waals surface area (Å²) in [7, 11) is 0. The van der Waals surface area contributed by atoms with Crippen LogP contribution in [0.3, 0.4) is 0 Å². The van der Waals surface area contributed by atoms with Gasteiger partial charge in [0.1, 0.15) is 28.1 Å². The number of nitrogens with zero attached hydrogens (tertiary/aromatic N) is 7. The third-order valence-electron chi connectivity index (χ3n) is 24.2. The zero-order chi connectivity index (χ0) is 83.4. The third-order valence-corrected chi connectivity index (χ3v) is 25.4. The second-order valence-electron chi connectivity index (χ2n) is 31.8. The number of aromatic nitrogens is 7. The van der Waals surface area contributed by atoms with Crippen LogP contribution in [0.5, 0.6) is 0 Å². The molecule has 126 heavy (non-hydrogen) atoms. The topological polar surface area (TPSA) is 70.0 Å². The van der Waals surface area contributed by atoms with Crippen molar-refractivity contribution >= 4 is 92.2 Å². The van der Waals surface area contributed by atoms with Gasteiger partial charge in [0, 0.05) is 105 Å². The molecule has 16 aromatic carbocycles. The minimum atomic E-state index is 0.912. The summed E-state index contributed by atoms with van der Waals surface area (Å²) >= 11 is 1.88. The minimum Gasteiger partial charge on any atom is -0.455 e. The Morgan fingerprint density at radius 3 is 1.08 bits per heavy atom. The Kier molecular flexibility index (Phi) is 19.0. The average Bonchev–Trinajstić information content (AvgIpc) is 1.60. The molecule has 0 aliphatic carbocycles. The fraction of sp³-hybridized carbons (Fsp3) is 0. The van der Waals surface area contributed by atoms with Crippen LogP contribution in [-0.4, -0.2) is 32.7 Å². The Hall–Kier alpha value is -16.6. The molecule has 0 unspecified atom stereocenters. The lowest BCUT2D eigenvalue weighted by molar-refractivity contribution is 0.670. The zero-order valence-electron chi connectivity index (χ0n) is 68.4. The number of thiophene rings is 1. The molecule has 0 saturated heterocycles. The number of fused-ring (bicyclic) bond motifs is 12. The number of furan rings is 1. The van der Waals surface area contributed by atoms with E-state index in [1.165, 1.54) is 92.2 Å². The van der Waals surface area contributed by atoms with Crippen molar-refractivity contribution in [2.45, 2.75) is 0 Å². The van der Waals surface area contributed by atoms with E-state index in [4.69, 9.17) is 19.4 Å². The summed E-state index contributed by atoms with van der Waals surface area (Å²) in [5, 5.41) is 7.47. The third kappa shape index (κ3) is 13.7. The molecular weight excluding hydrogens is 1550 g/mol. The van der Waals surface area contributed by atoms with Gasteiger partial charge < -0.3 is 8.98 Å². The lowest BCUT2D eigenvalue weighted by Crippen LogP contribution is -1.93. The van der Waals surface area contributed by atoms with E-state index in [1.807, 2.05) is 47.7 Å². The normalized spacial score (nSPS) is 11.5. The maximum Gasteiger partial charge on any atom is 0.143 e. The van der Waals surface area contributed by atoms with Gasteiger partial charge >= 0.3 is 0 Å². The van der Waals surface area contributed by atoms with E-state index in [1.54, 1.807) is 0 Å². The van der Waals surface area contributed by atoms with E-state index in [0.29, 0.717) is 0 Å². The van der Waals surface area contributed by atoms with Crippen molar-refractivity contribution in [3.8, 4) is 140 Å². The van der Waals surface area contributed by atoms with E-state index in [0.717, 1.165) is 129 Å². The Morgan fingerprint density at radius 1 is 0.214 bits per heavy atom. The number of hydrogen-bond acceptors (Lipinski definition) is 5. The van der Waals surface area contributed by atoms with E-state index < -0.39 is 0 Å². The Morgan fingerprint density at radius 2 is 0.563 bits per heavy atom. The number of imidazole rings is 3. The first-order valence-corrected chi connectivity index (χ1v) is 43.4. The molecule has 9 heteroatoms. The van der Waals surface area contributed by atoms with Crippen LogP contribution in [0.15, 0.2) is 472 Å². The van der Waals surface area contributed by atoms with Crippen LogP contribution in [0.4, 0.5) is 0 Å². The molecule has 9 aromatic heterocycles. The molecule has 25 rings (SSSR count). The van der Waals surface area contributed by atoms with Gasteiger partial charge in [0.05, 0.1) is 45.2 Å². The summed E-state index contributed by atoms with van der Waals surface area (Å²) in [6.45, 7) is 0. The van der Waals surface area contributed by atoms with Crippen molar-refractivity contribution < 1.29 is 4.42 Å². The van der Waals surface area contributed by atoms with Crippen LogP contribution in [0.25, 0.3) is 221 Å². The highest BCUT2D eigenvalue weighted by Crippen LogP contribution is 2.45. The number of para-hydroxylation sites is 4. The van der Waals surface area contributed by atoms with Crippen molar-refractivity contribution in [1.29, 1.82) is 0 Å². The maximum absolute atomic E-state index is 6.33. The van der Waals surface area contributed by atoms with Crippen LogP contribution in [0.2, 0.25) is 0 Å². The summed E-state index contributed by atoms with van der Waals surface area (Å²) in [4.78, 5) is 15.2. The Labute approximate surface area is 731 Å². The summed E-state index contributed by atoms with van der Waals surface area (Å²) in [5.41, 5.74) is 35.4. The van der Waals surface area contributed by atoms with E-state index in [-0.39, 0.29) is 0 Å². The van der Waals surface area contributed by atoms with Gasteiger partial charge in [0.15, 0.2) is 0 Å². The summed E-state index contributed by atoms with van der Waals surface area (Å²) in [6, 6.07) is 159. The van der Waals surface area contributed by atoms with Crippen LogP contribution >= 0.6 is 11.3 Å². The molecule has 0 aliphatic heterocycles. The smallest absolute Gasteiger partial charge is 0.143 e. The molecule has 0 bridgehead atoms. The molecular formula is C117H77N7OS. The van der Waals surface area contributed by atoms with Gasteiger partial charge in [-0.1, -0.05) is 346 Å². The van der Waals surface area contributed by atoms with Gasteiger partial charge in [-0.05, 0) is 164 Å². The van der Waals surface area contributed by atoms with Gasteiger partial charge in [-0.3, -0.25) is 13.2 Å². The van der Waals surface area contributed by atoms with Crippen molar-refractivity contribution in [3.05, 3.63) is 468 Å². The summed E-state index contributed by atoms with van der Waals surface area (Å²) in [6.07, 6.45) is 6.27. The largest absolute Gasteiger partial charge is 0.455 e. The molecule has 0 fully saturated rings. The fourth-order valence-electron chi connectivity index (χ4n) is 18.3. The molecule has 25 aromatic rings. The highest BCUT2D eigenvalue weighted by atomic mass is 32.1. The number of pyridine rings is 3. The monoisotopic (exact) mass is 1630 g/mol. The number of benzene rings is 16. The molecule has 0 saturated carbocycles. The quantitative estimate of drug-likeness (QED) is 0.115. The molecule has 0 N–H and O–H groups in total. The lowest BCUT2D eigenvalue weighted by atomic mass is 9.96. The second-order valence-corrected chi connectivity index (χ2v) is 32.8. The average molecular weight is 1630 g/mol. The first-order chi connectivity index (χ1) is 62.5. The van der Waals surface area contributed by atoms with Crippen LogP contribution in [0.1, 0.15) is 0 Å². The van der Waals surface area contributed by atoms with Gasteiger partial charge in [-0.15, -0.1) is 11.3 Å². The SMILES string of the molecule is c1ccc(-c2c(-c3cccc(-c4ccc(-c5ccc6c7ccccc7n(-c7ccccc7)c6c5)cc4)c3)nc3ccccn23)cc1.c1ccc(-c2c(-c3cccc(-c4cccc(-c5cccc6c5oc5ccccc56)c4)c3)nc3ccccn23)cc1.c1ccc(-c2c(-c3cccc(-c4cccc(-c5cccc6c5sc5ccccc56)c4)c3)nc3ccccn23)cc1. The Bertz CT molecular complexity index is 8090. The summed E-state index contributed by atoms with van der Waals surface area (Å²) < 4.78 is 17.9. The number of rotatable bonds is 13. The van der Waals surface area contributed by atoms with E-state index in [9.17, 15) is 0 Å². The fourth-order valence-corrected chi connectivity index (χ4v) is 19.5. The predicted octanol–water partition coefficient (Wildman–Crippen LogP) is 31.4. The van der Waals surface area contributed by atoms with Gasteiger partial charge in [-0.25, -0.2) is 15.0 Å². The lowest BCUT2D eigenvalue weighted by Gasteiger charge is -2.10. The molecule has 592 valence electrons. The van der Waals surface area contributed by atoms with E-state index >= 15 is 0 Å². The van der Waals surface area contributed by atoms with Gasteiger partial charge in [0.25, 0.3) is 0 Å². The first kappa shape index (κ1) is 74.5. The van der Waals surface area contributed by atoms with Gasteiger partial charge in [-0.2, -0.15) is 0 Å². The standard InChI is InChI=1S/C43H29N3.C37H24N2O.C37H24N2S/c1-3-12-32(13-4-1)43-42(44-41-20-9-10-27-45(41)43)35-15-11-14-33(28-35)30-21-23-31(24-22-30)34-25-26-38-37-18-7-8-19-39(37)46(40(38)29-34)36-16-5-2-6-17-36;2*1-2-11-25(12-3-1)36-35(38-34-21-6-7-22-39(34)36)29-16-9-14-27(24-29)26-13-8-15-28(23-26)30-18-10-19-32-31-17-4-5-20-33(31)40-37(30)32/h1-29H;2*1-24H. The number of hydrogen-bond donors (Lipinski definition) is 0. The second kappa shape index (κ2) is 32.1. The van der Waals surface area contributed by atoms with Crippen molar-refractivity contribution in [1.82, 2.24) is 32.7 Å². The van der Waals surface area contributed by atoms with Crippen molar-refractivity contribution in [3.63, 3.8) is 0 Å². The van der Waals surface area contributed by atoms with E-state index in [2.05, 4.69) is 449 Å². The summed E-state index contributed by atoms with van der Waals surface area (Å²) in [5.74, 6) is 0. The van der Waals surface area contributed by atoms with Crippen molar-refractivity contribution in [2.24, 2.45) is 0 Å². The highest BCUT2D eigenvalue weighted by molar-refractivity contribution is 7.26. The minimum absolute atomic E-state index is 0.912. The zero-order valence-corrected chi connectivity index (χ0v) is 69.2.